The van der Waals surface area contributed by atoms with E-state index in [1.807, 2.05) is 29.2 Å². The molecule has 3 rings (SSSR count). The van der Waals surface area contributed by atoms with Crippen LogP contribution in [0, 0.1) is 5.82 Å². The molecule has 4 heteroatoms. The molecule has 1 N–H and O–H groups in total. The van der Waals surface area contributed by atoms with Gasteiger partial charge < -0.3 is 10.2 Å². The monoisotopic (exact) mass is 298 g/mol. The fraction of sp³-hybridized carbons (Fsp3) is 0.278. The van der Waals surface area contributed by atoms with Gasteiger partial charge in [0.15, 0.2) is 0 Å². The van der Waals surface area contributed by atoms with Crippen molar-refractivity contribution in [2.24, 2.45) is 0 Å². The highest BCUT2D eigenvalue weighted by Gasteiger charge is 2.32. The lowest BCUT2D eigenvalue weighted by molar-refractivity contribution is 0.0680. The van der Waals surface area contributed by atoms with Crippen LogP contribution in [0.4, 0.5) is 10.1 Å². The van der Waals surface area contributed by atoms with Crippen LogP contribution in [0.15, 0.2) is 48.5 Å². The van der Waals surface area contributed by atoms with Gasteiger partial charge in [-0.15, -0.1) is 0 Å². The van der Waals surface area contributed by atoms with Gasteiger partial charge in [0.25, 0.3) is 5.91 Å². The molecule has 0 aliphatic carbocycles. The lowest BCUT2D eigenvalue weighted by atomic mass is 10.0. The molecule has 1 heterocycles. The number of hydrogen-bond acceptors (Lipinski definition) is 2. The molecule has 2 aromatic rings. The highest BCUT2D eigenvalue weighted by Crippen LogP contribution is 2.33. The summed E-state index contributed by atoms with van der Waals surface area (Å²) in [5.41, 5.74) is 2.41. The van der Waals surface area contributed by atoms with Crippen molar-refractivity contribution in [3.8, 4) is 0 Å². The molecule has 2 aromatic carbocycles. The van der Waals surface area contributed by atoms with E-state index in [9.17, 15) is 9.18 Å². The molecule has 0 aromatic heterocycles. The minimum atomic E-state index is -0.272. The summed E-state index contributed by atoms with van der Waals surface area (Å²) in [5.74, 6) is -0.247. The molecule has 1 unspecified atom stereocenters. The highest BCUT2D eigenvalue weighted by molar-refractivity contribution is 6.01. The number of amides is 1. The largest absolute Gasteiger partial charge is 0.361 e. The van der Waals surface area contributed by atoms with Crippen LogP contribution in [-0.2, 0) is 0 Å². The molecule has 0 saturated carbocycles. The second kappa shape index (κ2) is 6.18. The van der Waals surface area contributed by atoms with Crippen LogP contribution in [0.5, 0.6) is 0 Å². The molecule has 1 aliphatic rings. The Morgan fingerprint density at radius 1 is 1.14 bits per heavy atom. The van der Waals surface area contributed by atoms with E-state index in [2.05, 4.69) is 12.2 Å². The predicted octanol–water partition coefficient (Wildman–Crippen LogP) is 4.19. The molecule has 114 valence electrons. The number of rotatable bonds is 4. The van der Waals surface area contributed by atoms with Crippen molar-refractivity contribution in [1.29, 1.82) is 0 Å². The van der Waals surface area contributed by atoms with Gasteiger partial charge in [0.2, 0.25) is 0 Å². The van der Waals surface area contributed by atoms with Crippen molar-refractivity contribution in [1.82, 2.24) is 4.90 Å². The third-order valence-electron chi connectivity index (χ3n) is 3.96. The number of benzene rings is 2. The molecule has 1 atom stereocenters. The first-order chi connectivity index (χ1) is 10.7. The zero-order valence-electron chi connectivity index (χ0n) is 12.6. The van der Waals surface area contributed by atoms with Crippen molar-refractivity contribution in [3.05, 3.63) is 65.5 Å². The summed E-state index contributed by atoms with van der Waals surface area (Å²) < 4.78 is 13.2. The summed E-state index contributed by atoms with van der Waals surface area (Å²) in [6.07, 6.45) is 1.70. The normalized spacial score (nSPS) is 17.1. The molecule has 22 heavy (non-hydrogen) atoms. The summed E-state index contributed by atoms with van der Waals surface area (Å²) in [7, 11) is 0. The summed E-state index contributed by atoms with van der Waals surface area (Å²) in [5, 5.41) is 3.40. The number of para-hydroxylation sites is 1. The molecular formula is C18H19FN2O. The lowest BCUT2D eigenvalue weighted by Crippen LogP contribution is -2.43. The fourth-order valence-corrected chi connectivity index (χ4v) is 2.76. The van der Waals surface area contributed by atoms with E-state index >= 15 is 0 Å². The van der Waals surface area contributed by atoms with E-state index in [1.54, 1.807) is 12.1 Å². The Balaban J connectivity index is 1.99. The van der Waals surface area contributed by atoms with Gasteiger partial charge in [-0.3, -0.25) is 4.79 Å². The zero-order valence-corrected chi connectivity index (χ0v) is 12.6. The highest BCUT2D eigenvalue weighted by atomic mass is 19.1. The Kier molecular flexibility index (Phi) is 4.09. The van der Waals surface area contributed by atoms with Gasteiger partial charge in [-0.1, -0.05) is 37.6 Å². The van der Waals surface area contributed by atoms with E-state index in [-0.39, 0.29) is 17.9 Å². The first kappa shape index (κ1) is 14.6. The molecule has 0 bridgehead atoms. The third-order valence-corrected chi connectivity index (χ3v) is 3.96. The van der Waals surface area contributed by atoms with Crippen molar-refractivity contribution < 1.29 is 9.18 Å². The van der Waals surface area contributed by atoms with Gasteiger partial charge in [0, 0.05) is 12.2 Å². The van der Waals surface area contributed by atoms with Gasteiger partial charge in [-0.2, -0.15) is 0 Å². The number of nitrogens with one attached hydrogen (secondary N) is 1. The van der Waals surface area contributed by atoms with Gasteiger partial charge in [0.1, 0.15) is 12.0 Å². The van der Waals surface area contributed by atoms with Gasteiger partial charge in [0.05, 0.1) is 5.56 Å². The van der Waals surface area contributed by atoms with Crippen LogP contribution < -0.4 is 5.32 Å². The van der Waals surface area contributed by atoms with Crippen molar-refractivity contribution in [3.63, 3.8) is 0 Å². The maximum Gasteiger partial charge on any atom is 0.257 e. The maximum atomic E-state index is 13.2. The van der Waals surface area contributed by atoms with Gasteiger partial charge in [-0.25, -0.2) is 4.39 Å². The minimum Gasteiger partial charge on any atom is -0.361 e. The SMILES string of the molecule is CCCCN1C(=O)c2ccccc2NC1c1ccc(F)cc1. The Morgan fingerprint density at radius 2 is 1.86 bits per heavy atom. The summed E-state index contributed by atoms with van der Waals surface area (Å²) in [4.78, 5) is 14.6. The van der Waals surface area contributed by atoms with E-state index in [4.69, 9.17) is 0 Å². The number of unbranched alkanes of at least 4 members (excludes halogenated alkanes) is 1. The first-order valence-electron chi connectivity index (χ1n) is 7.62. The Hall–Kier alpha value is -2.36. The smallest absolute Gasteiger partial charge is 0.257 e. The molecule has 0 fully saturated rings. The minimum absolute atomic E-state index is 0.0251. The van der Waals surface area contributed by atoms with Crippen molar-refractivity contribution >= 4 is 11.6 Å². The molecule has 3 nitrogen and oxygen atoms in total. The summed E-state index contributed by atoms with van der Waals surface area (Å²) >= 11 is 0. The standard InChI is InChI=1S/C18H19FN2O/c1-2-3-12-21-17(13-8-10-14(19)11-9-13)20-16-7-5-4-6-15(16)18(21)22/h4-11,17,20H,2-3,12H2,1H3. The summed E-state index contributed by atoms with van der Waals surface area (Å²) in [6.45, 7) is 2.78. The number of carbonyl (C=O) groups is 1. The van der Waals surface area contributed by atoms with E-state index in [0.29, 0.717) is 12.1 Å². The van der Waals surface area contributed by atoms with Crippen LogP contribution >= 0.6 is 0 Å². The van der Waals surface area contributed by atoms with Crippen molar-refractivity contribution in [2.45, 2.75) is 25.9 Å². The van der Waals surface area contributed by atoms with E-state index in [1.165, 1.54) is 12.1 Å². The zero-order chi connectivity index (χ0) is 15.5. The van der Waals surface area contributed by atoms with E-state index in [0.717, 1.165) is 24.1 Å². The molecule has 0 saturated heterocycles. The first-order valence-corrected chi connectivity index (χ1v) is 7.62. The van der Waals surface area contributed by atoms with Gasteiger partial charge in [-0.05, 0) is 36.2 Å². The van der Waals surface area contributed by atoms with Crippen LogP contribution in [0.2, 0.25) is 0 Å². The lowest BCUT2D eigenvalue weighted by Gasteiger charge is -2.38. The second-order valence-corrected chi connectivity index (χ2v) is 5.50. The number of fused-ring (bicyclic) bond motifs is 1. The van der Waals surface area contributed by atoms with Crippen LogP contribution in [-0.4, -0.2) is 17.4 Å². The topological polar surface area (TPSA) is 32.3 Å². The van der Waals surface area contributed by atoms with Crippen LogP contribution in [0.1, 0.15) is 41.9 Å². The fourth-order valence-electron chi connectivity index (χ4n) is 2.76. The average Bonchev–Trinajstić information content (AvgIpc) is 2.55. The third kappa shape index (κ3) is 2.69. The quantitative estimate of drug-likeness (QED) is 0.918. The predicted molar refractivity (Wildman–Crippen MR) is 85.2 cm³/mol. The number of anilines is 1. The number of carbonyl (C=O) groups excluding carboxylic acids is 1. The second-order valence-electron chi connectivity index (χ2n) is 5.50. The van der Waals surface area contributed by atoms with Crippen LogP contribution in [0.3, 0.4) is 0 Å². The number of nitrogens with zero attached hydrogens (tertiary/aromatic N) is 1. The molecule has 1 amide bonds. The summed E-state index contributed by atoms with van der Waals surface area (Å²) in [6, 6.07) is 13.8. The van der Waals surface area contributed by atoms with Crippen molar-refractivity contribution in [2.75, 3.05) is 11.9 Å². The number of halogens is 1. The molecular weight excluding hydrogens is 279 g/mol. The number of hydrogen-bond donors (Lipinski definition) is 1. The van der Waals surface area contributed by atoms with Gasteiger partial charge >= 0.3 is 0 Å². The molecule has 0 spiro atoms. The maximum absolute atomic E-state index is 13.2. The molecule has 1 aliphatic heterocycles. The Morgan fingerprint density at radius 3 is 2.59 bits per heavy atom. The van der Waals surface area contributed by atoms with E-state index < -0.39 is 0 Å². The van der Waals surface area contributed by atoms with Crippen LogP contribution in [0.25, 0.3) is 0 Å². The average molecular weight is 298 g/mol. The Labute approximate surface area is 129 Å². The molecule has 0 radical (unpaired) electrons. The Bertz CT molecular complexity index is 669.